The summed E-state index contributed by atoms with van der Waals surface area (Å²) in [6, 6.07) is 3.77. The largest absolute Gasteiger partial charge is 0.507 e. The number of phenolic OH excluding ortho intramolecular Hbond substituents is 1. The molecule has 0 spiro atoms. The summed E-state index contributed by atoms with van der Waals surface area (Å²) in [6.07, 6.45) is 0. The number of hydrogen-bond acceptors (Lipinski definition) is 5. The monoisotopic (exact) mass is 308 g/mol. The Morgan fingerprint density at radius 2 is 1.86 bits per heavy atom. The fourth-order valence-corrected chi connectivity index (χ4v) is 1.56. The smallest absolute Gasteiger partial charge is 0.342 e. The van der Waals surface area contributed by atoms with Crippen molar-refractivity contribution in [2.45, 2.75) is 33.2 Å². The van der Waals surface area contributed by atoms with E-state index >= 15 is 0 Å². The van der Waals surface area contributed by atoms with Crippen LogP contribution in [-0.2, 0) is 9.53 Å². The first kappa shape index (κ1) is 17.5. The number of hydrogen-bond donors (Lipinski definition) is 3. The second kappa shape index (κ2) is 6.93. The topological polar surface area (TPSA) is 105 Å². The van der Waals surface area contributed by atoms with Crippen LogP contribution < -0.4 is 10.6 Å². The van der Waals surface area contributed by atoms with E-state index in [0.29, 0.717) is 0 Å². The van der Waals surface area contributed by atoms with Crippen molar-refractivity contribution >= 4 is 17.9 Å². The number of aryl methyl sites for hydroxylation is 1. The standard InChI is InChI=1S/C15H20N2O5/c1-9-5-6-11(18)10(7-9)13(20)22-8-12(19)16-14(21)17-15(2,3)4/h5-7,18H,8H2,1-4H3,(H2,16,17,19,21). The molecule has 0 aliphatic rings. The van der Waals surface area contributed by atoms with Gasteiger partial charge in [0.2, 0.25) is 0 Å². The Bertz CT molecular complexity index is 590. The van der Waals surface area contributed by atoms with Crippen molar-refractivity contribution in [2.24, 2.45) is 0 Å². The molecule has 0 unspecified atom stereocenters. The third-order valence-corrected chi connectivity index (χ3v) is 2.45. The number of esters is 1. The molecule has 3 amide bonds. The van der Waals surface area contributed by atoms with Crippen molar-refractivity contribution in [2.75, 3.05) is 6.61 Å². The summed E-state index contributed by atoms with van der Waals surface area (Å²) in [5.41, 5.74) is 0.236. The molecule has 1 rings (SSSR count). The van der Waals surface area contributed by atoms with Gasteiger partial charge in [0.1, 0.15) is 11.3 Å². The van der Waals surface area contributed by atoms with Crippen LogP contribution >= 0.6 is 0 Å². The number of ether oxygens (including phenoxy) is 1. The lowest BCUT2D eigenvalue weighted by Crippen LogP contribution is -2.49. The minimum Gasteiger partial charge on any atom is -0.507 e. The molecule has 120 valence electrons. The van der Waals surface area contributed by atoms with E-state index in [1.165, 1.54) is 12.1 Å². The highest BCUT2D eigenvalue weighted by Gasteiger charge is 2.18. The third kappa shape index (κ3) is 5.82. The number of aromatic hydroxyl groups is 1. The number of phenols is 1. The molecule has 0 heterocycles. The molecular formula is C15H20N2O5. The van der Waals surface area contributed by atoms with Crippen LogP contribution in [0.1, 0.15) is 36.7 Å². The van der Waals surface area contributed by atoms with Gasteiger partial charge in [-0.15, -0.1) is 0 Å². The summed E-state index contributed by atoms with van der Waals surface area (Å²) >= 11 is 0. The van der Waals surface area contributed by atoms with E-state index in [0.717, 1.165) is 5.56 Å². The van der Waals surface area contributed by atoms with Crippen LogP contribution in [0.15, 0.2) is 18.2 Å². The number of carbonyl (C=O) groups is 3. The first-order chi connectivity index (χ1) is 10.1. The van der Waals surface area contributed by atoms with Gasteiger partial charge in [-0.1, -0.05) is 11.6 Å². The molecule has 0 saturated heterocycles. The van der Waals surface area contributed by atoms with Crippen LogP contribution in [0.2, 0.25) is 0 Å². The van der Waals surface area contributed by atoms with Gasteiger partial charge in [-0.25, -0.2) is 9.59 Å². The number of rotatable bonds is 3. The van der Waals surface area contributed by atoms with Gasteiger partial charge in [-0.2, -0.15) is 0 Å². The molecule has 0 bridgehead atoms. The molecule has 3 N–H and O–H groups in total. The molecule has 0 aliphatic carbocycles. The number of amides is 3. The molecular weight excluding hydrogens is 288 g/mol. The number of urea groups is 1. The Hall–Kier alpha value is -2.57. The van der Waals surface area contributed by atoms with E-state index < -0.39 is 30.1 Å². The van der Waals surface area contributed by atoms with Gasteiger partial charge in [0.25, 0.3) is 5.91 Å². The Morgan fingerprint density at radius 1 is 1.23 bits per heavy atom. The number of imide groups is 1. The average molecular weight is 308 g/mol. The predicted molar refractivity (Wildman–Crippen MR) is 79.6 cm³/mol. The van der Waals surface area contributed by atoms with Crippen molar-refractivity contribution in [3.63, 3.8) is 0 Å². The van der Waals surface area contributed by atoms with Crippen molar-refractivity contribution in [3.8, 4) is 5.75 Å². The van der Waals surface area contributed by atoms with Crippen molar-refractivity contribution in [3.05, 3.63) is 29.3 Å². The summed E-state index contributed by atoms with van der Waals surface area (Å²) < 4.78 is 4.77. The molecule has 7 heteroatoms. The van der Waals surface area contributed by atoms with Crippen LogP contribution in [0, 0.1) is 6.92 Å². The van der Waals surface area contributed by atoms with Crippen molar-refractivity contribution in [1.29, 1.82) is 0 Å². The SMILES string of the molecule is Cc1ccc(O)c(C(=O)OCC(=O)NC(=O)NC(C)(C)C)c1. The van der Waals surface area contributed by atoms with Crippen LogP contribution in [0.4, 0.5) is 4.79 Å². The van der Waals surface area contributed by atoms with Crippen LogP contribution in [0.25, 0.3) is 0 Å². The maximum absolute atomic E-state index is 11.8. The second-order valence-electron chi connectivity index (χ2n) is 5.85. The lowest BCUT2D eigenvalue weighted by molar-refractivity contribution is -0.123. The fraction of sp³-hybridized carbons (Fsp3) is 0.400. The summed E-state index contributed by atoms with van der Waals surface area (Å²) in [6.45, 7) is 6.41. The summed E-state index contributed by atoms with van der Waals surface area (Å²) in [5, 5.41) is 14.2. The lowest BCUT2D eigenvalue weighted by atomic mass is 10.1. The van der Waals surface area contributed by atoms with Gasteiger partial charge < -0.3 is 15.2 Å². The Kier molecular flexibility index (Phi) is 5.50. The molecule has 0 saturated carbocycles. The van der Waals surface area contributed by atoms with Gasteiger partial charge in [0.15, 0.2) is 6.61 Å². The highest BCUT2D eigenvalue weighted by molar-refractivity contribution is 5.98. The van der Waals surface area contributed by atoms with Crippen molar-refractivity contribution in [1.82, 2.24) is 10.6 Å². The number of benzene rings is 1. The highest BCUT2D eigenvalue weighted by Crippen LogP contribution is 2.18. The molecule has 0 atom stereocenters. The summed E-state index contributed by atoms with van der Waals surface area (Å²) in [5.74, 6) is -1.84. The first-order valence-electron chi connectivity index (χ1n) is 6.67. The Labute approximate surface area is 128 Å². The molecule has 0 radical (unpaired) electrons. The molecule has 22 heavy (non-hydrogen) atoms. The summed E-state index contributed by atoms with van der Waals surface area (Å²) in [4.78, 5) is 34.7. The normalized spacial score (nSPS) is 10.7. The number of carbonyl (C=O) groups excluding carboxylic acids is 3. The van der Waals surface area contributed by atoms with Crippen LogP contribution in [0.5, 0.6) is 5.75 Å². The zero-order valence-electron chi connectivity index (χ0n) is 13.0. The van der Waals surface area contributed by atoms with Crippen LogP contribution in [0.3, 0.4) is 0 Å². The van der Waals surface area contributed by atoms with Gasteiger partial charge >= 0.3 is 12.0 Å². The maximum Gasteiger partial charge on any atom is 0.342 e. The van der Waals surface area contributed by atoms with E-state index in [9.17, 15) is 19.5 Å². The highest BCUT2D eigenvalue weighted by atomic mass is 16.5. The molecule has 7 nitrogen and oxygen atoms in total. The quantitative estimate of drug-likeness (QED) is 0.734. The molecule has 1 aromatic rings. The second-order valence-corrected chi connectivity index (χ2v) is 5.85. The van der Waals surface area contributed by atoms with E-state index in [1.807, 2.05) is 5.32 Å². The molecule has 0 fully saturated rings. The third-order valence-electron chi connectivity index (χ3n) is 2.45. The first-order valence-corrected chi connectivity index (χ1v) is 6.67. The zero-order valence-corrected chi connectivity index (χ0v) is 13.0. The Balaban J connectivity index is 2.52. The van der Waals surface area contributed by atoms with Gasteiger partial charge in [-0.05, 0) is 39.8 Å². The van der Waals surface area contributed by atoms with Crippen LogP contribution in [-0.4, -0.2) is 35.2 Å². The van der Waals surface area contributed by atoms with Gasteiger partial charge in [0.05, 0.1) is 0 Å². The van der Waals surface area contributed by atoms with E-state index in [-0.39, 0.29) is 11.3 Å². The van der Waals surface area contributed by atoms with Gasteiger partial charge in [0, 0.05) is 5.54 Å². The number of nitrogens with one attached hydrogen (secondary N) is 2. The summed E-state index contributed by atoms with van der Waals surface area (Å²) in [7, 11) is 0. The fourth-order valence-electron chi connectivity index (χ4n) is 1.56. The molecule has 0 aromatic heterocycles. The van der Waals surface area contributed by atoms with Crippen molar-refractivity contribution < 1.29 is 24.2 Å². The Morgan fingerprint density at radius 3 is 2.45 bits per heavy atom. The molecule has 1 aromatic carbocycles. The lowest BCUT2D eigenvalue weighted by Gasteiger charge is -2.20. The maximum atomic E-state index is 11.8. The van der Waals surface area contributed by atoms with Gasteiger partial charge in [-0.3, -0.25) is 10.1 Å². The van der Waals surface area contributed by atoms with E-state index in [1.54, 1.807) is 33.8 Å². The minimum atomic E-state index is -0.840. The predicted octanol–water partition coefficient (Wildman–Crippen LogP) is 1.48. The zero-order chi connectivity index (χ0) is 16.9. The van der Waals surface area contributed by atoms with E-state index in [4.69, 9.17) is 4.74 Å². The van der Waals surface area contributed by atoms with E-state index in [2.05, 4.69) is 5.32 Å². The average Bonchev–Trinajstić information content (AvgIpc) is 2.36. The minimum absolute atomic E-state index is 0.0352. The molecule has 0 aliphatic heterocycles.